The Morgan fingerprint density at radius 3 is 1.29 bits per heavy atom. The van der Waals surface area contributed by atoms with Crippen molar-refractivity contribution in [3.8, 4) is 0 Å². The molecule has 0 fully saturated rings. The van der Waals surface area contributed by atoms with Crippen LogP contribution in [0.25, 0.3) is 0 Å². The van der Waals surface area contributed by atoms with Gasteiger partial charge in [-0.1, -0.05) is 72.8 Å². The van der Waals surface area contributed by atoms with E-state index in [4.69, 9.17) is 9.47 Å². The zero-order valence-corrected chi connectivity index (χ0v) is 18.3. The van der Waals surface area contributed by atoms with Crippen molar-refractivity contribution in [2.45, 2.75) is 38.4 Å². The molecule has 10 heteroatoms. The third-order valence-corrected chi connectivity index (χ3v) is 4.75. The molecule has 0 unspecified atom stereocenters. The van der Waals surface area contributed by atoms with Crippen molar-refractivity contribution in [2.24, 2.45) is 5.41 Å². The standard InChI is InChI=1S/C25H22F6O4/c26-24(27,28)15-7-13-23(14-8-16-25(29,30)31,21(32)34-17-19-9-3-1-4-10-19)22(33)35-18-20-11-5-2-6-12-20/h1-12,15-16H,13-14,17-18H2/b15-7+,16-8+. The van der Waals surface area contributed by atoms with Gasteiger partial charge in [0.1, 0.15) is 13.2 Å². The van der Waals surface area contributed by atoms with Crippen LogP contribution in [0.4, 0.5) is 26.3 Å². The number of halogens is 6. The average molecular weight is 500 g/mol. The molecule has 0 amide bonds. The van der Waals surface area contributed by atoms with E-state index in [1.807, 2.05) is 0 Å². The normalized spacial score (nSPS) is 12.7. The van der Waals surface area contributed by atoms with E-state index in [1.165, 1.54) is 0 Å². The maximum Gasteiger partial charge on any atom is 0.409 e. The van der Waals surface area contributed by atoms with Crippen molar-refractivity contribution in [2.75, 3.05) is 0 Å². The molecule has 0 saturated heterocycles. The molecule has 0 saturated carbocycles. The second-order valence-electron chi connectivity index (χ2n) is 7.50. The Bertz CT molecular complexity index is 928. The van der Waals surface area contributed by atoms with Crippen LogP contribution in [0.3, 0.4) is 0 Å². The van der Waals surface area contributed by atoms with Gasteiger partial charge < -0.3 is 9.47 Å². The summed E-state index contributed by atoms with van der Waals surface area (Å²) in [7, 11) is 0. The van der Waals surface area contributed by atoms with Gasteiger partial charge in [0, 0.05) is 12.2 Å². The number of carbonyl (C=O) groups is 2. The van der Waals surface area contributed by atoms with Crippen molar-refractivity contribution in [3.63, 3.8) is 0 Å². The molecule has 35 heavy (non-hydrogen) atoms. The van der Waals surface area contributed by atoms with Crippen molar-refractivity contribution in [1.82, 2.24) is 0 Å². The number of allylic oxidation sites excluding steroid dienone is 4. The number of hydrogen-bond acceptors (Lipinski definition) is 4. The number of hydrogen-bond donors (Lipinski definition) is 0. The summed E-state index contributed by atoms with van der Waals surface area (Å²) in [4.78, 5) is 26.1. The van der Waals surface area contributed by atoms with E-state index < -0.39 is 42.5 Å². The van der Waals surface area contributed by atoms with E-state index in [9.17, 15) is 35.9 Å². The average Bonchev–Trinajstić information content (AvgIpc) is 2.79. The topological polar surface area (TPSA) is 52.6 Å². The monoisotopic (exact) mass is 500 g/mol. The van der Waals surface area contributed by atoms with Gasteiger partial charge in [-0.05, 0) is 24.0 Å². The number of carbonyl (C=O) groups excluding carboxylic acids is 2. The summed E-state index contributed by atoms with van der Waals surface area (Å²) >= 11 is 0. The van der Waals surface area contributed by atoms with Crippen LogP contribution in [-0.4, -0.2) is 24.3 Å². The summed E-state index contributed by atoms with van der Waals surface area (Å²) in [5, 5.41) is 0. The van der Waals surface area contributed by atoms with E-state index in [0.717, 1.165) is 0 Å². The van der Waals surface area contributed by atoms with E-state index in [1.54, 1.807) is 60.7 Å². The molecule has 0 aliphatic rings. The minimum atomic E-state index is -4.77. The van der Waals surface area contributed by atoms with Crippen LogP contribution in [0.2, 0.25) is 0 Å². The summed E-state index contributed by atoms with van der Waals surface area (Å²) in [6, 6.07) is 16.3. The van der Waals surface area contributed by atoms with Gasteiger partial charge in [0.2, 0.25) is 0 Å². The maximum atomic E-state index is 13.0. The SMILES string of the molecule is O=C(OCc1ccccc1)C(C/C=C/C(F)(F)F)(C/C=C/C(F)(F)F)C(=O)OCc1ccccc1. The number of benzene rings is 2. The smallest absolute Gasteiger partial charge is 0.409 e. The number of alkyl halides is 6. The molecule has 0 aliphatic heterocycles. The highest BCUT2D eigenvalue weighted by Gasteiger charge is 2.48. The molecule has 0 aliphatic carbocycles. The molecule has 2 aromatic rings. The highest BCUT2D eigenvalue weighted by atomic mass is 19.4. The van der Waals surface area contributed by atoms with Gasteiger partial charge >= 0.3 is 24.3 Å². The third-order valence-electron chi connectivity index (χ3n) is 4.75. The van der Waals surface area contributed by atoms with Gasteiger partial charge in [0.15, 0.2) is 5.41 Å². The van der Waals surface area contributed by atoms with E-state index in [0.29, 0.717) is 23.3 Å². The van der Waals surface area contributed by atoms with Crippen molar-refractivity contribution >= 4 is 11.9 Å². The Morgan fingerprint density at radius 2 is 0.971 bits per heavy atom. The van der Waals surface area contributed by atoms with Crippen LogP contribution >= 0.6 is 0 Å². The molecule has 188 valence electrons. The van der Waals surface area contributed by atoms with Gasteiger partial charge in [-0.15, -0.1) is 0 Å². The molecule has 0 N–H and O–H groups in total. The second kappa shape index (κ2) is 12.2. The van der Waals surface area contributed by atoms with Crippen molar-refractivity contribution in [1.29, 1.82) is 0 Å². The van der Waals surface area contributed by atoms with Crippen LogP contribution in [-0.2, 0) is 32.3 Å². The Kier molecular flexibility index (Phi) is 9.68. The molecule has 4 nitrogen and oxygen atoms in total. The van der Waals surface area contributed by atoms with Crippen LogP contribution < -0.4 is 0 Å². The lowest BCUT2D eigenvalue weighted by molar-refractivity contribution is -0.174. The molecule has 0 atom stereocenters. The minimum absolute atomic E-state index is 0.204. The second-order valence-corrected chi connectivity index (χ2v) is 7.50. The molecule has 0 radical (unpaired) electrons. The van der Waals surface area contributed by atoms with Gasteiger partial charge in [-0.3, -0.25) is 9.59 Å². The quantitative estimate of drug-likeness (QED) is 0.162. The zero-order valence-electron chi connectivity index (χ0n) is 18.3. The molecular formula is C25H22F6O4. The highest BCUT2D eigenvalue weighted by molar-refractivity contribution is 6.00. The fourth-order valence-corrected chi connectivity index (χ4v) is 3.01. The van der Waals surface area contributed by atoms with E-state index in [-0.39, 0.29) is 25.4 Å². The number of rotatable bonds is 10. The van der Waals surface area contributed by atoms with E-state index in [2.05, 4.69) is 0 Å². The first-order chi connectivity index (χ1) is 16.4. The Morgan fingerprint density at radius 1 is 0.629 bits per heavy atom. The largest absolute Gasteiger partial charge is 0.460 e. The van der Waals surface area contributed by atoms with Gasteiger partial charge in [-0.2, -0.15) is 26.3 Å². The van der Waals surface area contributed by atoms with Crippen molar-refractivity contribution in [3.05, 3.63) is 96.1 Å². The van der Waals surface area contributed by atoms with Gasteiger partial charge in [0.25, 0.3) is 0 Å². The zero-order chi connectivity index (χ0) is 26.0. The lowest BCUT2D eigenvalue weighted by atomic mass is 9.80. The predicted molar refractivity (Wildman–Crippen MR) is 115 cm³/mol. The molecule has 2 rings (SSSR count). The van der Waals surface area contributed by atoms with Gasteiger partial charge in [-0.25, -0.2) is 0 Å². The van der Waals surface area contributed by atoms with Crippen molar-refractivity contribution < 1.29 is 45.4 Å². The summed E-state index contributed by atoms with van der Waals surface area (Å²) < 4.78 is 86.5. The Balaban J connectivity index is 2.37. The van der Waals surface area contributed by atoms with Crippen LogP contribution in [0, 0.1) is 5.41 Å². The van der Waals surface area contributed by atoms with Gasteiger partial charge in [0.05, 0.1) is 0 Å². The first-order valence-electron chi connectivity index (χ1n) is 10.3. The maximum absolute atomic E-state index is 13.0. The van der Waals surface area contributed by atoms with Crippen LogP contribution in [0.5, 0.6) is 0 Å². The summed E-state index contributed by atoms with van der Waals surface area (Å²) in [5.74, 6) is -2.61. The fraction of sp³-hybridized carbons (Fsp3) is 0.280. The number of ether oxygens (including phenoxy) is 2. The molecular weight excluding hydrogens is 478 g/mol. The predicted octanol–water partition coefficient (Wildman–Crippen LogP) is 6.48. The Hall–Kier alpha value is -3.56. The fourth-order valence-electron chi connectivity index (χ4n) is 3.01. The third kappa shape index (κ3) is 9.68. The number of esters is 2. The lowest BCUT2D eigenvalue weighted by Crippen LogP contribution is -2.41. The Labute approximate surface area is 197 Å². The first-order valence-corrected chi connectivity index (χ1v) is 10.3. The van der Waals surface area contributed by atoms with Crippen LogP contribution in [0.1, 0.15) is 24.0 Å². The highest BCUT2D eigenvalue weighted by Crippen LogP contribution is 2.34. The molecule has 2 aromatic carbocycles. The van der Waals surface area contributed by atoms with Crippen LogP contribution in [0.15, 0.2) is 85.0 Å². The summed E-state index contributed by atoms with van der Waals surface area (Å²) in [5.41, 5.74) is -1.47. The van der Waals surface area contributed by atoms with E-state index >= 15 is 0 Å². The molecule has 0 aromatic heterocycles. The first kappa shape index (κ1) is 27.7. The lowest BCUT2D eigenvalue weighted by Gasteiger charge is -2.27. The molecule has 0 heterocycles. The summed E-state index contributed by atoms with van der Waals surface area (Å²) in [6.07, 6.45) is -10.7. The molecule has 0 spiro atoms. The molecule has 0 bridgehead atoms. The minimum Gasteiger partial charge on any atom is -0.460 e. The summed E-state index contributed by atoms with van der Waals surface area (Å²) in [6.45, 7) is -0.696.